The molecular formula is C13H15Cl2N3. The molecule has 0 aliphatic carbocycles. The van der Waals surface area contributed by atoms with Crippen LogP contribution in [0.25, 0.3) is 11.3 Å². The lowest BCUT2D eigenvalue weighted by Crippen LogP contribution is -2.33. The summed E-state index contributed by atoms with van der Waals surface area (Å²) in [6.45, 7) is 3.98. The third-order valence-electron chi connectivity index (χ3n) is 3.08. The smallest absolute Gasteiger partial charge is 0.126 e. The molecule has 3 N–H and O–H groups in total. The minimum Gasteiger partial charge on any atom is -0.340 e. The van der Waals surface area contributed by atoms with Crippen molar-refractivity contribution < 1.29 is 0 Å². The minimum atomic E-state index is -0.450. The summed E-state index contributed by atoms with van der Waals surface area (Å²) >= 11 is 11.9. The van der Waals surface area contributed by atoms with Gasteiger partial charge in [0.2, 0.25) is 0 Å². The highest BCUT2D eigenvalue weighted by molar-refractivity contribution is 6.42. The molecule has 1 aromatic carbocycles. The molecular weight excluding hydrogens is 269 g/mol. The number of nitrogens with zero attached hydrogens (tertiary/aromatic N) is 1. The first kappa shape index (κ1) is 13.4. The molecule has 0 amide bonds. The minimum absolute atomic E-state index is 0.450. The van der Waals surface area contributed by atoms with E-state index in [0.29, 0.717) is 10.0 Å². The average molecular weight is 284 g/mol. The highest BCUT2D eigenvalue weighted by Crippen LogP contribution is 2.28. The summed E-state index contributed by atoms with van der Waals surface area (Å²) in [6.07, 6.45) is 2.57. The number of rotatable bonds is 3. The van der Waals surface area contributed by atoms with E-state index >= 15 is 0 Å². The Morgan fingerprint density at radius 3 is 2.67 bits per heavy atom. The Morgan fingerprint density at radius 2 is 2.06 bits per heavy atom. The van der Waals surface area contributed by atoms with Crippen molar-refractivity contribution >= 4 is 23.2 Å². The van der Waals surface area contributed by atoms with E-state index in [1.165, 1.54) is 0 Å². The van der Waals surface area contributed by atoms with Gasteiger partial charge in [-0.1, -0.05) is 36.2 Å². The van der Waals surface area contributed by atoms with Crippen LogP contribution in [0.1, 0.15) is 26.1 Å². The van der Waals surface area contributed by atoms with E-state index in [1.807, 2.05) is 19.9 Å². The molecule has 96 valence electrons. The predicted octanol–water partition coefficient (Wildman–Crippen LogP) is 3.97. The first-order valence-corrected chi connectivity index (χ1v) is 6.49. The first-order valence-electron chi connectivity index (χ1n) is 5.74. The first-order chi connectivity index (χ1) is 8.44. The van der Waals surface area contributed by atoms with E-state index in [2.05, 4.69) is 9.97 Å². The number of imidazole rings is 1. The standard InChI is InChI=1S/C13H15Cl2N3/c1-3-13(2,16)12-17-7-11(18-12)8-4-5-9(14)10(15)6-8/h4-7H,3,16H2,1-2H3,(H,17,18). The molecule has 2 rings (SSSR count). The van der Waals surface area contributed by atoms with Crippen molar-refractivity contribution in [2.75, 3.05) is 0 Å². The van der Waals surface area contributed by atoms with Gasteiger partial charge in [-0.3, -0.25) is 0 Å². The fraction of sp³-hybridized carbons (Fsp3) is 0.308. The highest BCUT2D eigenvalue weighted by atomic mass is 35.5. The predicted molar refractivity (Wildman–Crippen MR) is 75.9 cm³/mol. The molecule has 0 saturated carbocycles. The summed E-state index contributed by atoms with van der Waals surface area (Å²) in [4.78, 5) is 7.56. The van der Waals surface area contributed by atoms with Gasteiger partial charge in [0.05, 0.1) is 27.5 Å². The number of halogens is 2. The van der Waals surface area contributed by atoms with Crippen LogP contribution in [0.15, 0.2) is 24.4 Å². The zero-order valence-electron chi connectivity index (χ0n) is 10.3. The normalized spacial score (nSPS) is 14.5. The lowest BCUT2D eigenvalue weighted by molar-refractivity contribution is 0.450. The fourth-order valence-electron chi connectivity index (χ4n) is 1.59. The van der Waals surface area contributed by atoms with Crippen molar-refractivity contribution in [3.8, 4) is 11.3 Å². The summed E-state index contributed by atoms with van der Waals surface area (Å²) < 4.78 is 0. The molecule has 5 heteroatoms. The zero-order chi connectivity index (χ0) is 13.3. The molecule has 1 atom stereocenters. The Kier molecular flexibility index (Phi) is 3.66. The monoisotopic (exact) mass is 283 g/mol. The second kappa shape index (κ2) is 4.92. The molecule has 0 aliphatic heterocycles. The van der Waals surface area contributed by atoms with Gasteiger partial charge < -0.3 is 10.7 Å². The van der Waals surface area contributed by atoms with Crippen molar-refractivity contribution in [1.29, 1.82) is 0 Å². The van der Waals surface area contributed by atoms with Crippen molar-refractivity contribution in [2.24, 2.45) is 5.73 Å². The van der Waals surface area contributed by atoms with Gasteiger partial charge in [0.15, 0.2) is 0 Å². The lowest BCUT2D eigenvalue weighted by atomic mass is 10.00. The van der Waals surface area contributed by atoms with E-state index < -0.39 is 5.54 Å². The number of aromatic amines is 1. The maximum absolute atomic E-state index is 6.14. The number of aromatic nitrogens is 2. The van der Waals surface area contributed by atoms with E-state index in [1.54, 1.807) is 18.3 Å². The Labute approximate surface area is 116 Å². The SMILES string of the molecule is CCC(C)(N)c1ncc(-c2ccc(Cl)c(Cl)c2)[nH]1. The largest absolute Gasteiger partial charge is 0.340 e. The van der Waals surface area contributed by atoms with Crippen LogP contribution < -0.4 is 5.73 Å². The van der Waals surface area contributed by atoms with Crippen LogP contribution in [0.3, 0.4) is 0 Å². The van der Waals surface area contributed by atoms with Crippen LogP contribution in [0.4, 0.5) is 0 Å². The topological polar surface area (TPSA) is 54.7 Å². The maximum atomic E-state index is 6.14. The molecule has 0 aliphatic rings. The third-order valence-corrected chi connectivity index (χ3v) is 3.82. The van der Waals surface area contributed by atoms with Gasteiger partial charge in [-0.25, -0.2) is 4.98 Å². The van der Waals surface area contributed by atoms with E-state index in [-0.39, 0.29) is 0 Å². The van der Waals surface area contributed by atoms with Crippen LogP contribution >= 0.6 is 23.2 Å². The Balaban J connectivity index is 2.38. The quantitative estimate of drug-likeness (QED) is 0.896. The van der Waals surface area contributed by atoms with E-state index in [9.17, 15) is 0 Å². The summed E-state index contributed by atoms with van der Waals surface area (Å²) in [5.41, 5.74) is 7.51. The van der Waals surface area contributed by atoms with Gasteiger partial charge in [-0.15, -0.1) is 0 Å². The van der Waals surface area contributed by atoms with Gasteiger partial charge in [-0.2, -0.15) is 0 Å². The Bertz CT molecular complexity index is 561. The van der Waals surface area contributed by atoms with E-state index in [0.717, 1.165) is 23.5 Å². The molecule has 0 saturated heterocycles. The number of hydrogen-bond donors (Lipinski definition) is 2. The van der Waals surface area contributed by atoms with Crippen molar-refractivity contribution in [2.45, 2.75) is 25.8 Å². The van der Waals surface area contributed by atoms with Crippen molar-refractivity contribution in [3.63, 3.8) is 0 Å². The summed E-state index contributed by atoms with van der Waals surface area (Å²) in [5, 5.41) is 1.06. The van der Waals surface area contributed by atoms with Crippen molar-refractivity contribution in [1.82, 2.24) is 9.97 Å². The molecule has 2 aromatic rings. The van der Waals surface area contributed by atoms with Gasteiger partial charge >= 0.3 is 0 Å². The Morgan fingerprint density at radius 1 is 1.33 bits per heavy atom. The average Bonchev–Trinajstić information content (AvgIpc) is 2.83. The molecule has 0 radical (unpaired) electrons. The number of nitrogens with two attached hydrogens (primary N) is 1. The van der Waals surface area contributed by atoms with Gasteiger partial charge in [0, 0.05) is 5.56 Å². The third kappa shape index (κ3) is 2.53. The molecule has 1 heterocycles. The van der Waals surface area contributed by atoms with Gasteiger partial charge in [0.1, 0.15) is 5.82 Å². The molecule has 0 spiro atoms. The second-order valence-electron chi connectivity index (χ2n) is 4.55. The van der Waals surface area contributed by atoms with Crippen LogP contribution in [-0.4, -0.2) is 9.97 Å². The fourth-order valence-corrected chi connectivity index (χ4v) is 1.89. The lowest BCUT2D eigenvalue weighted by Gasteiger charge is -2.19. The van der Waals surface area contributed by atoms with E-state index in [4.69, 9.17) is 28.9 Å². The number of hydrogen-bond acceptors (Lipinski definition) is 2. The summed E-state index contributed by atoms with van der Waals surface area (Å²) in [5.74, 6) is 0.770. The van der Waals surface area contributed by atoms with Gasteiger partial charge in [-0.05, 0) is 25.5 Å². The molecule has 0 fully saturated rings. The van der Waals surface area contributed by atoms with Gasteiger partial charge in [0.25, 0.3) is 0 Å². The van der Waals surface area contributed by atoms with Crippen LogP contribution in [0.2, 0.25) is 10.0 Å². The van der Waals surface area contributed by atoms with Crippen molar-refractivity contribution in [3.05, 3.63) is 40.3 Å². The maximum Gasteiger partial charge on any atom is 0.126 e. The molecule has 3 nitrogen and oxygen atoms in total. The zero-order valence-corrected chi connectivity index (χ0v) is 11.8. The van der Waals surface area contributed by atoms with Crippen LogP contribution in [-0.2, 0) is 5.54 Å². The molecule has 1 aromatic heterocycles. The summed E-state index contributed by atoms with van der Waals surface area (Å²) in [6, 6.07) is 5.47. The molecule has 1 unspecified atom stereocenters. The number of nitrogens with one attached hydrogen (secondary N) is 1. The van der Waals surface area contributed by atoms with Crippen LogP contribution in [0.5, 0.6) is 0 Å². The summed E-state index contributed by atoms with van der Waals surface area (Å²) in [7, 11) is 0. The second-order valence-corrected chi connectivity index (χ2v) is 5.36. The number of benzene rings is 1. The van der Waals surface area contributed by atoms with Crippen LogP contribution in [0, 0.1) is 0 Å². The highest BCUT2D eigenvalue weighted by Gasteiger charge is 2.22. The molecule has 18 heavy (non-hydrogen) atoms. The molecule has 0 bridgehead atoms. The Hall–Kier alpha value is -1.03. The number of H-pyrrole nitrogens is 1.